The molecule has 3 rings (SSSR count). The molecule has 0 aromatic heterocycles. The predicted octanol–water partition coefficient (Wildman–Crippen LogP) is 3.64. The minimum absolute atomic E-state index is 0.0651. The van der Waals surface area contributed by atoms with Gasteiger partial charge in [0.05, 0.1) is 29.7 Å². The molecule has 7 nitrogen and oxygen atoms in total. The second-order valence-corrected chi connectivity index (χ2v) is 7.97. The molecule has 0 N–H and O–H groups in total. The zero-order valence-electron chi connectivity index (χ0n) is 17.2. The van der Waals surface area contributed by atoms with E-state index in [0.717, 1.165) is 0 Å². The van der Waals surface area contributed by atoms with Crippen LogP contribution in [0.4, 0.5) is 0 Å². The molecule has 30 heavy (non-hydrogen) atoms. The quantitative estimate of drug-likeness (QED) is 0.465. The van der Waals surface area contributed by atoms with E-state index in [-0.39, 0.29) is 17.8 Å². The molecule has 0 aliphatic carbocycles. The van der Waals surface area contributed by atoms with Crippen LogP contribution in [-0.4, -0.2) is 47.5 Å². The Bertz CT molecular complexity index is 953. The van der Waals surface area contributed by atoms with Gasteiger partial charge in [0, 0.05) is 0 Å². The molecule has 0 saturated carbocycles. The van der Waals surface area contributed by atoms with Gasteiger partial charge in [0.2, 0.25) is 5.91 Å². The summed E-state index contributed by atoms with van der Waals surface area (Å²) < 4.78 is 16.4. The van der Waals surface area contributed by atoms with Gasteiger partial charge in [0.25, 0.3) is 0 Å². The van der Waals surface area contributed by atoms with E-state index < -0.39 is 12.0 Å². The third-order valence-corrected chi connectivity index (χ3v) is 5.72. The molecular formula is C22H24N2O5S. The van der Waals surface area contributed by atoms with Gasteiger partial charge >= 0.3 is 5.97 Å². The minimum atomic E-state index is -0.679. The lowest BCUT2D eigenvalue weighted by molar-refractivity contribution is -0.139. The Balaban J connectivity index is 2.10. The molecule has 2 heterocycles. The maximum Gasteiger partial charge on any atom is 0.338 e. The van der Waals surface area contributed by atoms with E-state index >= 15 is 0 Å². The number of methoxy groups -OCH3 is 1. The highest BCUT2D eigenvalue weighted by Gasteiger charge is 2.46. The maximum absolute atomic E-state index is 12.9. The van der Waals surface area contributed by atoms with Crippen molar-refractivity contribution in [3.63, 3.8) is 0 Å². The summed E-state index contributed by atoms with van der Waals surface area (Å²) in [7, 11) is 1.53. The highest BCUT2D eigenvalue weighted by molar-refractivity contribution is 8.15. The molecule has 158 valence electrons. The summed E-state index contributed by atoms with van der Waals surface area (Å²) in [5.41, 5.74) is 1.52. The molecule has 0 radical (unpaired) electrons. The van der Waals surface area contributed by atoms with Crippen molar-refractivity contribution in [1.29, 1.82) is 0 Å². The first-order valence-corrected chi connectivity index (χ1v) is 10.3. The van der Waals surface area contributed by atoms with E-state index in [1.165, 1.54) is 24.9 Å². The average Bonchev–Trinajstić information content (AvgIpc) is 3.02. The second kappa shape index (κ2) is 9.21. The number of fused-ring (bicyclic) bond motifs is 1. The summed E-state index contributed by atoms with van der Waals surface area (Å²) in [6, 6.07) is 4.65. The SMILES string of the molecule is C=CCOC(=O)C1=C(C)N=C2SC(C)C(=O)N2C1c1ccc(OCC=C)c(OC)c1. The van der Waals surface area contributed by atoms with Crippen LogP contribution in [0.5, 0.6) is 11.5 Å². The first-order valence-electron chi connectivity index (χ1n) is 9.41. The van der Waals surface area contributed by atoms with E-state index in [9.17, 15) is 9.59 Å². The Labute approximate surface area is 180 Å². The summed E-state index contributed by atoms with van der Waals surface area (Å²) in [6.07, 6.45) is 3.13. The van der Waals surface area contributed by atoms with Gasteiger partial charge < -0.3 is 14.2 Å². The van der Waals surface area contributed by atoms with E-state index in [1.807, 2.05) is 13.0 Å². The largest absolute Gasteiger partial charge is 0.493 e. The highest BCUT2D eigenvalue weighted by atomic mass is 32.2. The van der Waals surface area contributed by atoms with Crippen molar-refractivity contribution in [2.24, 2.45) is 4.99 Å². The summed E-state index contributed by atoms with van der Waals surface area (Å²) >= 11 is 1.37. The molecule has 0 spiro atoms. The van der Waals surface area contributed by atoms with Gasteiger partial charge in [-0.25, -0.2) is 9.79 Å². The van der Waals surface area contributed by atoms with Gasteiger partial charge in [-0.2, -0.15) is 0 Å². The number of benzene rings is 1. The number of nitrogens with zero attached hydrogens (tertiary/aromatic N) is 2. The molecule has 2 aliphatic heterocycles. The number of carbonyl (C=O) groups excluding carboxylic acids is 2. The van der Waals surface area contributed by atoms with Crippen molar-refractivity contribution in [2.45, 2.75) is 25.1 Å². The Kier molecular flexibility index (Phi) is 6.66. The second-order valence-electron chi connectivity index (χ2n) is 6.66. The minimum Gasteiger partial charge on any atom is -0.493 e. The number of ether oxygens (including phenoxy) is 3. The fraction of sp³-hybridized carbons (Fsp3) is 0.318. The zero-order valence-corrected chi connectivity index (χ0v) is 18.0. The Hall–Kier alpha value is -3.00. The first kappa shape index (κ1) is 21.7. The zero-order chi connectivity index (χ0) is 21.8. The van der Waals surface area contributed by atoms with E-state index in [2.05, 4.69) is 18.2 Å². The molecule has 2 unspecified atom stereocenters. The van der Waals surface area contributed by atoms with E-state index in [1.54, 1.807) is 30.0 Å². The van der Waals surface area contributed by atoms with Crippen LogP contribution in [0.2, 0.25) is 0 Å². The summed E-state index contributed by atoms with van der Waals surface area (Å²) in [4.78, 5) is 31.9. The van der Waals surface area contributed by atoms with E-state index in [4.69, 9.17) is 14.2 Å². The molecule has 1 saturated heterocycles. The molecule has 2 atom stereocenters. The maximum atomic E-state index is 12.9. The Morgan fingerprint density at radius 2 is 2.00 bits per heavy atom. The number of rotatable bonds is 8. The third kappa shape index (κ3) is 4.00. The summed E-state index contributed by atoms with van der Waals surface area (Å²) in [5.74, 6) is 0.375. The lowest BCUT2D eigenvalue weighted by Gasteiger charge is -2.33. The Morgan fingerprint density at radius 3 is 2.67 bits per heavy atom. The van der Waals surface area contributed by atoms with Gasteiger partial charge in [-0.1, -0.05) is 43.1 Å². The number of hydrogen-bond acceptors (Lipinski definition) is 7. The van der Waals surface area contributed by atoms with E-state index in [0.29, 0.717) is 40.1 Å². The normalized spacial score (nSPS) is 20.4. The fourth-order valence-electron chi connectivity index (χ4n) is 3.31. The molecule has 1 fully saturated rings. The predicted molar refractivity (Wildman–Crippen MR) is 117 cm³/mol. The lowest BCUT2D eigenvalue weighted by atomic mass is 9.94. The molecule has 2 aliphatic rings. The van der Waals surface area contributed by atoms with Crippen LogP contribution in [0.25, 0.3) is 0 Å². The monoisotopic (exact) mass is 428 g/mol. The number of thioether (sulfide) groups is 1. The summed E-state index contributed by atoms with van der Waals surface area (Å²) in [5, 5.41) is 0.279. The number of hydrogen-bond donors (Lipinski definition) is 0. The molecule has 1 aromatic rings. The van der Waals surface area contributed by atoms with Crippen LogP contribution in [-0.2, 0) is 14.3 Å². The van der Waals surface area contributed by atoms with Crippen molar-refractivity contribution in [1.82, 2.24) is 4.90 Å². The smallest absolute Gasteiger partial charge is 0.338 e. The molecule has 1 aromatic carbocycles. The van der Waals surface area contributed by atoms with Crippen molar-refractivity contribution in [2.75, 3.05) is 20.3 Å². The van der Waals surface area contributed by atoms with Gasteiger partial charge in [0.15, 0.2) is 16.7 Å². The van der Waals surface area contributed by atoms with Gasteiger partial charge in [0.1, 0.15) is 13.2 Å². The van der Waals surface area contributed by atoms with Crippen molar-refractivity contribution < 1.29 is 23.8 Å². The van der Waals surface area contributed by atoms with Gasteiger partial charge in [-0.3, -0.25) is 9.69 Å². The number of carbonyl (C=O) groups is 2. The van der Waals surface area contributed by atoms with Crippen molar-refractivity contribution >= 4 is 28.8 Å². The topological polar surface area (TPSA) is 77.4 Å². The number of amides is 1. The first-order chi connectivity index (χ1) is 14.4. The van der Waals surface area contributed by atoms with Crippen molar-refractivity contribution in [3.8, 4) is 11.5 Å². The van der Waals surface area contributed by atoms with Crippen LogP contribution in [0, 0.1) is 0 Å². The van der Waals surface area contributed by atoms with Gasteiger partial charge in [-0.15, -0.1) is 0 Å². The standard InChI is InChI=1S/C22H24N2O5S/c1-6-10-28-16-9-8-15(12-17(16)27-5)19-18(21(26)29-11-7-2)13(3)23-22-24(19)20(25)14(4)30-22/h6-9,12,14,19H,1-2,10-11H2,3-5H3. The molecule has 8 heteroatoms. The van der Waals surface area contributed by atoms with Crippen LogP contribution in [0.3, 0.4) is 0 Å². The number of aliphatic imine (C=N–C) groups is 1. The average molecular weight is 429 g/mol. The fourth-order valence-corrected chi connectivity index (χ4v) is 4.34. The van der Waals surface area contributed by atoms with Gasteiger partial charge in [-0.05, 0) is 31.5 Å². The van der Waals surface area contributed by atoms with Crippen LogP contribution in [0.1, 0.15) is 25.5 Å². The van der Waals surface area contributed by atoms with Crippen LogP contribution in [0.15, 0.2) is 59.8 Å². The molecular weight excluding hydrogens is 404 g/mol. The van der Waals surface area contributed by atoms with Crippen molar-refractivity contribution in [3.05, 3.63) is 60.3 Å². The number of esters is 1. The number of amidine groups is 1. The third-order valence-electron chi connectivity index (χ3n) is 4.67. The number of allylic oxidation sites excluding steroid dienone is 1. The molecule has 1 amide bonds. The van der Waals surface area contributed by atoms with Crippen LogP contribution >= 0.6 is 11.8 Å². The Morgan fingerprint density at radius 1 is 1.27 bits per heavy atom. The lowest BCUT2D eigenvalue weighted by Crippen LogP contribution is -2.40. The highest BCUT2D eigenvalue weighted by Crippen LogP contribution is 2.44. The molecule has 0 bridgehead atoms. The van der Waals surface area contributed by atoms with Crippen LogP contribution < -0.4 is 9.47 Å². The summed E-state index contributed by atoms with van der Waals surface area (Å²) in [6.45, 7) is 11.2.